The summed E-state index contributed by atoms with van der Waals surface area (Å²) < 4.78 is 30.0. The molecule has 0 bridgehead atoms. The van der Waals surface area contributed by atoms with Gasteiger partial charge in [0.2, 0.25) is 0 Å². The average molecular weight is 397 g/mol. The second-order valence-corrected chi connectivity index (χ2v) is 9.10. The largest absolute Gasteiger partial charge is 0.358 e. The van der Waals surface area contributed by atoms with E-state index in [2.05, 4.69) is 14.9 Å². The average Bonchev–Trinajstić information content (AvgIpc) is 3.13. The van der Waals surface area contributed by atoms with Gasteiger partial charge >= 0.3 is 0 Å². The number of hydrazone groups is 1. The summed E-state index contributed by atoms with van der Waals surface area (Å²) in [6.07, 6.45) is 0. The highest BCUT2D eigenvalue weighted by Gasteiger charge is 2.72. The number of amidine groups is 1. The second kappa shape index (κ2) is 6.44. The maximum atomic E-state index is 13.5. The van der Waals surface area contributed by atoms with Crippen LogP contribution in [0.2, 0.25) is 0 Å². The Labute approximate surface area is 166 Å². The number of hydrogen-bond acceptors (Lipinski definition) is 5. The number of benzene rings is 2. The molecule has 2 aliphatic rings. The van der Waals surface area contributed by atoms with Gasteiger partial charge in [-0.15, -0.1) is 4.40 Å². The second-order valence-electron chi connectivity index (χ2n) is 7.15. The molecule has 4 rings (SSSR count). The standard InChI is InChI=1S/C21H24N4O2S/c1-4-25(5-2)19-21(17-14-10-7-11-15-17)20(3,28(26,27)23-19)18(22-24-21)16-12-8-6-9-13-16/h6-15,24H,4-5H2,1-3H3/t20-,21-/m0/s1. The molecule has 2 atom stereocenters. The van der Waals surface area contributed by atoms with Crippen LogP contribution in [0.15, 0.2) is 70.2 Å². The van der Waals surface area contributed by atoms with Crippen molar-refractivity contribution in [3.8, 4) is 0 Å². The molecule has 0 aromatic heterocycles. The number of fused-ring (bicyclic) bond motifs is 1. The van der Waals surface area contributed by atoms with E-state index in [1.54, 1.807) is 6.92 Å². The zero-order valence-corrected chi connectivity index (χ0v) is 17.1. The summed E-state index contributed by atoms with van der Waals surface area (Å²) in [5.41, 5.74) is 4.24. The Morgan fingerprint density at radius 2 is 1.54 bits per heavy atom. The molecular formula is C21H24N4O2S. The van der Waals surface area contributed by atoms with Crippen LogP contribution in [0.3, 0.4) is 0 Å². The summed E-state index contributed by atoms with van der Waals surface area (Å²) in [5.74, 6) is 0.501. The molecular weight excluding hydrogens is 372 g/mol. The molecule has 7 heteroatoms. The Hall–Kier alpha value is -2.67. The molecule has 146 valence electrons. The van der Waals surface area contributed by atoms with Gasteiger partial charge in [0.1, 0.15) is 0 Å². The number of sulfonamides is 1. The molecule has 0 saturated heterocycles. The summed E-state index contributed by atoms with van der Waals surface area (Å²) in [4.78, 5) is 1.99. The Bertz CT molecular complexity index is 1050. The van der Waals surface area contributed by atoms with E-state index >= 15 is 0 Å². The van der Waals surface area contributed by atoms with Crippen LogP contribution < -0.4 is 5.43 Å². The summed E-state index contributed by atoms with van der Waals surface area (Å²) >= 11 is 0. The SMILES string of the molecule is CCN(CC)C1=NS(=O)(=O)[C@@]2(C)C(c3ccccc3)=NN[C@@]12c1ccccc1. The monoisotopic (exact) mass is 396 g/mol. The molecule has 0 saturated carbocycles. The van der Waals surface area contributed by atoms with Gasteiger partial charge in [0.15, 0.2) is 16.1 Å². The normalized spacial score (nSPS) is 27.5. The van der Waals surface area contributed by atoms with Gasteiger partial charge in [0, 0.05) is 13.1 Å². The molecule has 0 fully saturated rings. The Morgan fingerprint density at radius 3 is 2.11 bits per heavy atom. The minimum atomic E-state index is -3.89. The van der Waals surface area contributed by atoms with Gasteiger partial charge in [0.25, 0.3) is 10.0 Å². The van der Waals surface area contributed by atoms with Gasteiger partial charge in [-0.05, 0) is 31.9 Å². The number of likely N-dealkylation sites (N-methyl/N-ethyl adjacent to an activating group) is 1. The molecule has 0 aliphatic carbocycles. The van der Waals surface area contributed by atoms with E-state index in [1.165, 1.54) is 0 Å². The van der Waals surface area contributed by atoms with Crippen LogP contribution in [0.25, 0.3) is 0 Å². The zero-order chi connectivity index (χ0) is 20.0. The lowest BCUT2D eigenvalue weighted by Gasteiger charge is -2.40. The fourth-order valence-electron chi connectivity index (χ4n) is 4.29. The van der Waals surface area contributed by atoms with E-state index in [1.807, 2.05) is 79.4 Å². The van der Waals surface area contributed by atoms with Crippen LogP contribution in [-0.4, -0.2) is 42.7 Å². The molecule has 1 N–H and O–H groups in total. The van der Waals surface area contributed by atoms with Crippen molar-refractivity contribution in [2.45, 2.75) is 31.1 Å². The van der Waals surface area contributed by atoms with E-state index in [0.29, 0.717) is 24.6 Å². The molecule has 2 aromatic rings. The van der Waals surface area contributed by atoms with Gasteiger partial charge in [-0.1, -0.05) is 60.7 Å². The first-order valence-corrected chi connectivity index (χ1v) is 10.9. The van der Waals surface area contributed by atoms with Crippen LogP contribution in [-0.2, 0) is 15.6 Å². The van der Waals surface area contributed by atoms with Crippen molar-refractivity contribution in [1.29, 1.82) is 0 Å². The van der Waals surface area contributed by atoms with Gasteiger partial charge in [0.05, 0.1) is 5.71 Å². The van der Waals surface area contributed by atoms with Crippen molar-refractivity contribution in [2.75, 3.05) is 13.1 Å². The van der Waals surface area contributed by atoms with Crippen LogP contribution in [0.4, 0.5) is 0 Å². The van der Waals surface area contributed by atoms with E-state index in [0.717, 1.165) is 11.1 Å². The lowest BCUT2D eigenvalue weighted by Crippen LogP contribution is -2.63. The first-order valence-electron chi connectivity index (χ1n) is 9.48. The lowest BCUT2D eigenvalue weighted by molar-refractivity contribution is 0.367. The first-order chi connectivity index (χ1) is 13.4. The molecule has 6 nitrogen and oxygen atoms in total. The summed E-state index contributed by atoms with van der Waals surface area (Å²) in [6.45, 7) is 7.04. The minimum Gasteiger partial charge on any atom is -0.358 e. The predicted octanol–water partition coefficient (Wildman–Crippen LogP) is 2.73. The van der Waals surface area contributed by atoms with Crippen molar-refractivity contribution in [3.05, 3.63) is 71.8 Å². The Balaban J connectivity index is 2.02. The minimum absolute atomic E-state index is 0.489. The van der Waals surface area contributed by atoms with Crippen molar-refractivity contribution in [1.82, 2.24) is 10.3 Å². The number of nitrogens with zero attached hydrogens (tertiary/aromatic N) is 3. The topological polar surface area (TPSA) is 74.1 Å². The molecule has 0 spiro atoms. The van der Waals surface area contributed by atoms with E-state index in [4.69, 9.17) is 0 Å². The Morgan fingerprint density at radius 1 is 0.964 bits per heavy atom. The number of rotatable bonds is 4. The van der Waals surface area contributed by atoms with Crippen LogP contribution in [0, 0.1) is 0 Å². The lowest BCUT2D eigenvalue weighted by atomic mass is 9.74. The van der Waals surface area contributed by atoms with E-state index in [-0.39, 0.29) is 0 Å². The summed E-state index contributed by atoms with van der Waals surface area (Å²) in [7, 11) is -3.89. The van der Waals surface area contributed by atoms with Crippen LogP contribution >= 0.6 is 0 Å². The smallest absolute Gasteiger partial charge is 0.269 e. The van der Waals surface area contributed by atoms with Crippen molar-refractivity contribution < 1.29 is 8.42 Å². The molecule has 28 heavy (non-hydrogen) atoms. The molecule has 0 unspecified atom stereocenters. The molecule has 0 amide bonds. The zero-order valence-electron chi connectivity index (χ0n) is 16.3. The molecule has 2 aromatic carbocycles. The van der Waals surface area contributed by atoms with Gasteiger partial charge < -0.3 is 4.90 Å². The molecule has 2 heterocycles. The van der Waals surface area contributed by atoms with Crippen LogP contribution in [0.5, 0.6) is 0 Å². The maximum absolute atomic E-state index is 13.5. The quantitative estimate of drug-likeness (QED) is 0.862. The number of hydrogen-bond donors (Lipinski definition) is 1. The highest BCUT2D eigenvalue weighted by Crippen LogP contribution is 2.51. The third-order valence-corrected chi connectivity index (χ3v) is 7.82. The summed E-state index contributed by atoms with van der Waals surface area (Å²) in [6, 6.07) is 19.1. The van der Waals surface area contributed by atoms with E-state index < -0.39 is 20.3 Å². The van der Waals surface area contributed by atoms with Gasteiger partial charge in [-0.25, -0.2) is 8.42 Å². The van der Waals surface area contributed by atoms with Crippen molar-refractivity contribution in [3.63, 3.8) is 0 Å². The van der Waals surface area contributed by atoms with E-state index in [9.17, 15) is 8.42 Å². The Kier molecular flexibility index (Phi) is 4.30. The van der Waals surface area contributed by atoms with Crippen molar-refractivity contribution >= 4 is 21.6 Å². The predicted molar refractivity (Wildman–Crippen MR) is 112 cm³/mol. The first kappa shape index (κ1) is 18.7. The summed E-state index contributed by atoms with van der Waals surface area (Å²) in [5, 5.41) is 4.59. The third kappa shape index (κ3) is 2.22. The molecule has 2 aliphatic heterocycles. The molecule has 0 radical (unpaired) electrons. The van der Waals surface area contributed by atoms with Crippen LogP contribution in [0.1, 0.15) is 31.9 Å². The third-order valence-electron chi connectivity index (χ3n) is 5.88. The number of nitrogens with one attached hydrogen (secondary N) is 1. The fourth-order valence-corrected chi connectivity index (χ4v) is 6.01. The highest BCUT2D eigenvalue weighted by molar-refractivity contribution is 7.93. The maximum Gasteiger partial charge on any atom is 0.269 e. The van der Waals surface area contributed by atoms with Gasteiger partial charge in [-0.3, -0.25) is 5.43 Å². The van der Waals surface area contributed by atoms with Gasteiger partial charge in [-0.2, -0.15) is 5.10 Å². The highest BCUT2D eigenvalue weighted by atomic mass is 32.2. The van der Waals surface area contributed by atoms with Crippen molar-refractivity contribution in [2.24, 2.45) is 9.50 Å². The fraction of sp³-hybridized carbons (Fsp3) is 0.333.